The summed E-state index contributed by atoms with van der Waals surface area (Å²) >= 11 is 0. The zero-order valence-corrected chi connectivity index (χ0v) is 18.6. The Hall–Kier alpha value is -3.32. The lowest BCUT2D eigenvalue weighted by Gasteiger charge is -2.20. The van der Waals surface area contributed by atoms with E-state index in [4.69, 9.17) is 4.74 Å². The number of aryl methyl sites for hydroxylation is 1. The second kappa shape index (κ2) is 9.66. The van der Waals surface area contributed by atoms with Gasteiger partial charge in [0.25, 0.3) is 15.9 Å². The van der Waals surface area contributed by atoms with Crippen LogP contribution in [0.5, 0.6) is 5.75 Å². The highest BCUT2D eigenvalue weighted by Gasteiger charge is 2.21. The Bertz CT molecular complexity index is 1110. The van der Waals surface area contributed by atoms with Crippen LogP contribution >= 0.6 is 0 Å². The van der Waals surface area contributed by atoms with Crippen LogP contribution in [-0.4, -0.2) is 28.0 Å². The van der Waals surface area contributed by atoms with E-state index in [0.29, 0.717) is 11.4 Å². The maximum Gasteiger partial charge on any atom is 0.264 e. The third-order valence-corrected chi connectivity index (χ3v) is 6.73. The van der Waals surface area contributed by atoms with Gasteiger partial charge >= 0.3 is 0 Å². The Balaban J connectivity index is 1.58. The van der Waals surface area contributed by atoms with Gasteiger partial charge in [0.15, 0.2) is 6.61 Å². The van der Waals surface area contributed by atoms with Crippen molar-refractivity contribution in [3.8, 4) is 5.75 Å². The predicted molar refractivity (Wildman–Crippen MR) is 122 cm³/mol. The molecule has 1 atom stereocenters. The van der Waals surface area contributed by atoms with Crippen LogP contribution in [-0.2, 0) is 14.8 Å². The molecule has 3 aromatic carbocycles. The van der Waals surface area contributed by atoms with Gasteiger partial charge in [-0.15, -0.1) is 0 Å². The molecule has 0 heterocycles. The summed E-state index contributed by atoms with van der Waals surface area (Å²) in [4.78, 5) is 12.4. The number of nitrogens with zero attached hydrogens (tertiary/aromatic N) is 1. The number of hydrogen-bond acceptors (Lipinski definition) is 4. The zero-order chi connectivity index (χ0) is 22.4. The molecule has 0 spiro atoms. The molecule has 0 aromatic heterocycles. The van der Waals surface area contributed by atoms with Gasteiger partial charge in [-0.25, -0.2) is 8.42 Å². The lowest BCUT2D eigenvalue weighted by atomic mass is 10.1. The summed E-state index contributed by atoms with van der Waals surface area (Å²) in [7, 11) is -2.16. The number of hydrogen-bond donors (Lipinski definition) is 1. The standard InChI is InChI=1S/C24H26N2O4S/c1-18-9-15-23(16-10-18)31(28,29)26(3)21-11-13-22(14-12-21)30-17-24(27)25-19(2)20-7-5-4-6-8-20/h4-16,19H,17H2,1-3H3,(H,25,27)/t19-/m1/s1. The van der Waals surface area contributed by atoms with Gasteiger partial charge in [-0.2, -0.15) is 0 Å². The van der Waals surface area contributed by atoms with Gasteiger partial charge in [0, 0.05) is 7.05 Å². The van der Waals surface area contributed by atoms with Crippen LogP contribution in [0.15, 0.2) is 83.8 Å². The smallest absolute Gasteiger partial charge is 0.264 e. The average molecular weight is 439 g/mol. The van der Waals surface area contributed by atoms with Crippen molar-refractivity contribution >= 4 is 21.6 Å². The molecule has 3 rings (SSSR count). The number of benzene rings is 3. The molecule has 0 aliphatic heterocycles. The number of carbonyl (C=O) groups excluding carboxylic acids is 1. The molecular formula is C24H26N2O4S. The van der Waals surface area contributed by atoms with Crippen molar-refractivity contribution < 1.29 is 17.9 Å². The van der Waals surface area contributed by atoms with Crippen molar-refractivity contribution in [2.45, 2.75) is 24.8 Å². The number of sulfonamides is 1. The number of ether oxygens (including phenoxy) is 1. The van der Waals surface area contributed by atoms with Gasteiger partial charge in [0.1, 0.15) is 5.75 Å². The fourth-order valence-corrected chi connectivity index (χ4v) is 4.21. The minimum Gasteiger partial charge on any atom is -0.484 e. The Kier molecular flexibility index (Phi) is 6.97. The lowest BCUT2D eigenvalue weighted by Crippen LogP contribution is -2.31. The Morgan fingerprint density at radius 2 is 1.58 bits per heavy atom. The number of nitrogens with one attached hydrogen (secondary N) is 1. The largest absolute Gasteiger partial charge is 0.484 e. The first-order valence-electron chi connectivity index (χ1n) is 9.90. The van der Waals surface area contributed by atoms with Crippen LogP contribution in [0.1, 0.15) is 24.1 Å². The van der Waals surface area contributed by atoms with Gasteiger partial charge in [-0.3, -0.25) is 9.10 Å². The molecule has 0 bridgehead atoms. The van der Waals surface area contributed by atoms with Crippen LogP contribution in [0, 0.1) is 6.92 Å². The molecule has 1 N–H and O–H groups in total. The van der Waals surface area contributed by atoms with Gasteiger partial charge in [-0.05, 0) is 55.8 Å². The van der Waals surface area contributed by atoms with Crippen molar-refractivity contribution in [1.29, 1.82) is 0 Å². The summed E-state index contributed by atoms with van der Waals surface area (Å²) in [6.45, 7) is 3.68. The van der Waals surface area contributed by atoms with Gasteiger partial charge in [0.2, 0.25) is 0 Å². The lowest BCUT2D eigenvalue weighted by molar-refractivity contribution is -0.123. The van der Waals surface area contributed by atoms with E-state index in [9.17, 15) is 13.2 Å². The highest BCUT2D eigenvalue weighted by Crippen LogP contribution is 2.24. The minimum absolute atomic E-state index is 0.125. The summed E-state index contributed by atoms with van der Waals surface area (Å²) in [6.07, 6.45) is 0. The number of carbonyl (C=O) groups is 1. The van der Waals surface area contributed by atoms with Crippen molar-refractivity contribution in [2.24, 2.45) is 0 Å². The Morgan fingerprint density at radius 3 is 2.19 bits per heavy atom. The third kappa shape index (κ3) is 5.64. The van der Waals surface area contributed by atoms with Crippen molar-refractivity contribution in [1.82, 2.24) is 5.32 Å². The van der Waals surface area contributed by atoms with Crippen LogP contribution in [0.4, 0.5) is 5.69 Å². The molecule has 6 nitrogen and oxygen atoms in total. The van der Waals surface area contributed by atoms with Crippen molar-refractivity contribution in [3.05, 3.63) is 90.0 Å². The summed E-state index contributed by atoms with van der Waals surface area (Å²) < 4.78 is 32.4. The van der Waals surface area contributed by atoms with Gasteiger partial charge in [-0.1, -0.05) is 48.0 Å². The molecule has 0 radical (unpaired) electrons. The molecule has 0 aliphatic carbocycles. The quantitative estimate of drug-likeness (QED) is 0.575. The van der Waals surface area contributed by atoms with Crippen LogP contribution in [0.2, 0.25) is 0 Å². The van der Waals surface area contributed by atoms with Crippen molar-refractivity contribution in [3.63, 3.8) is 0 Å². The average Bonchev–Trinajstić information content (AvgIpc) is 2.78. The van der Waals surface area contributed by atoms with E-state index in [-0.39, 0.29) is 23.5 Å². The predicted octanol–water partition coefficient (Wildman–Crippen LogP) is 4.08. The molecule has 31 heavy (non-hydrogen) atoms. The molecule has 0 aliphatic rings. The van der Waals surface area contributed by atoms with Crippen LogP contribution in [0.3, 0.4) is 0 Å². The number of anilines is 1. The van der Waals surface area contributed by atoms with E-state index in [2.05, 4.69) is 5.32 Å². The van der Waals surface area contributed by atoms with E-state index in [1.807, 2.05) is 44.2 Å². The summed E-state index contributed by atoms with van der Waals surface area (Å²) in [5.74, 6) is 0.242. The molecule has 0 unspecified atom stereocenters. The summed E-state index contributed by atoms with van der Waals surface area (Å²) in [5, 5.41) is 2.89. The molecule has 0 fully saturated rings. The third-order valence-electron chi connectivity index (χ3n) is 4.93. The highest BCUT2D eigenvalue weighted by atomic mass is 32.2. The second-order valence-corrected chi connectivity index (χ2v) is 9.24. The molecule has 162 valence electrons. The zero-order valence-electron chi connectivity index (χ0n) is 17.8. The van der Waals surface area contributed by atoms with E-state index in [1.165, 1.54) is 11.4 Å². The number of rotatable bonds is 8. The van der Waals surface area contributed by atoms with Gasteiger partial charge < -0.3 is 10.1 Å². The fourth-order valence-electron chi connectivity index (χ4n) is 3.02. The summed E-state index contributed by atoms with van der Waals surface area (Å²) in [5.41, 5.74) is 2.50. The molecule has 7 heteroatoms. The van der Waals surface area contributed by atoms with Crippen LogP contribution in [0.25, 0.3) is 0 Å². The molecule has 0 saturated heterocycles. The second-order valence-electron chi connectivity index (χ2n) is 7.27. The monoisotopic (exact) mass is 438 g/mol. The first kappa shape index (κ1) is 22.4. The molecule has 1 amide bonds. The first-order valence-corrected chi connectivity index (χ1v) is 11.3. The van der Waals surface area contributed by atoms with E-state index in [1.54, 1.807) is 48.5 Å². The fraction of sp³-hybridized carbons (Fsp3) is 0.208. The maximum atomic E-state index is 12.8. The molecular weight excluding hydrogens is 412 g/mol. The normalized spacial score (nSPS) is 12.1. The minimum atomic E-state index is -3.66. The van der Waals surface area contributed by atoms with E-state index >= 15 is 0 Å². The van der Waals surface area contributed by atoms with E-state index < -0.39 is 10.0 Å². The maximum absolute atomic E-state index is 12.8. The van der Waals surface area contributed by atoms with Crippen molar-refractivity contribution in [2.75, 3.05) is 18.0 Å². The molecule has 3 aromatic rings. The summed E-state index contributed by atoms with van der Waals surface area (Å²) in [6, 6.07) is 22.8. The molecule has 0 saturated carbocycles. The topological polar surface area (TPSA) is 75.7 Å². The SMILES string of the molecule is Cc1ccc(S(=O)(=O)N(C)c2ccc(OCC(=O)N[C@H](C)c3ccccc3)cc2)cc1. The van der Waals surface area contributed by atoms with Gasteiger partial charge in [0.05, 0.1) is 16.6 Å². The Labute approximate surface area is 183 Å². The first-order chi connectivity index (χ1) is 14.8. The van der Waals surface area contributed by atoms with E-state index in [0.717, 1.165) is 11.1 Å². The Morgan fingerprint density at radius 1 is 0.968 bits per heavy atom. The highest BCUT2D eigenvalue weighted by molar-refractivity contribution is 7.92. The number of amides is 1. The van der Waals surface area contributed by atoms with Crippen LogP contribution < -0.4 is 14.4 Å².